The molecule has 1 aliphatic heterocycles. The summed E-state index contributed by atoms with van der Waals surface area (Å²) in [7, 11) is 0. The number of likely N-dealkylation sites (tertiary alicyclic amines) is 1. The highest BCUT2D eigenvalue weighted by Gasteiger charge is 2.35. The molecule has 6 nitrogen and oxygen atoms in total. The molecule has 1 atom stereocenters. The Bertz CT molecular complexity index is 761. The van der Waals surface area contributed by atoms with Crippen LogP contribution in [-0.2, 0) is 14.3 Å². The molecule has 7 heteroatoms. The molecule has 0 aromatic carbocycles. The van der Waals surface area contributed by atoms with Crippen molar-refractivity contribution >= 4 is 34.1 Å². The molecule has 0 spiro atoms. The zero-order valence-corrected chi connectivity index (χ0v) is 18.0. The van der Waals surface area contributed by atoms with Crippen molar-refractivity contribution in [2.24, 2.45) is 11.3 Å². The fourth-order valence-corrected chi connectivity index (χ4v) is 4.67. The molecule has 0 bridgehead atoms. The lowest BCUT2D eigenvalue weighted by molar-refractivity contribution is -0.142. The van der Waals surface area contributed by atoms with Crippen LogP contribution in [0.3, 0.4) is 0 Å². The van der Waals surface area contributed by atoms with Gasteiger partial charge in [0.25, 0.3) is 0 Å². The first-order chi connectivity index (χ1) is 13.2. The van der Waals surface area contributed by atoms with Crippen molar-refractivity contribution < 1.29 is 19.1 Å². The van der Waals surface area contributed by atoms with E-state index in [1.807, 2.05) is 26.2 Å². The van der Waals surface area contributed by atoms with Gasteiger partial charge in [0.1, 0.15) is 5.00 Å². The van der Waals surface area contributed by atoms with Gasteiger partial charge in [-0.1, -0.05) is 20.8 Å². The third-order valence-electron chi connectivity index (χ3n) is 5.27. The summed E-state index contributed by atoms with van der Waals surface area (Å²) in [5, 5.41) is 5.50. The van der Waals surface area contributed by atoms with Crippen LogP contribution in [0.5, 0.6) is 0 Å². The number of rotatable bonds is 5. The highest BCUT2D eigenvalue weighted by atomic mass is 32.1. The molecule has 1 aliphatic carbocycles. The van der Waals surface area contributed by atoms with E-state index in [4.69, 9.17) is 4.74 Å². The number of amides is 2. The third kappa shape index (κ3) is 4.57. The minimum Gasteiger partial charge on any atom is -0.462 e. The van der Waals surface area contributed by atoms with E-state index in [1.165, 1.54) is 11.3 Å². The van der Waals surface area contributed by atoms with Gasteiger partial charge in [-0.3, -0.25) is 9.59 Å². The smallest absolute Gasteiger partial charge is 0.341 e. The fraction of sp³-hybridized carbons (Fsp3) is 0.667. The largest absolute Gasteiger partial charge is 0.462 e. The Hall–Kier alpha value is -1.89. The van der Waals surface area contributed by atoms with Crippen molar-refractivity contribution in [2.45, 2.75) is 59.3 Å². The third-order valence-corrected chi connectivity index (χ3v) is 6.19. The zero-order chi connectivity index (χ0) is 20.5. The topological polar surface area (TPSA) is 75.7 Å². The van der Waals surface area contributed by atoms with Crippen molar-refractivity contribution in [3.05, 3.63) is 16.5 Å². The number of thiophene rings is 1. The average molecular weight is 407 g/mol. The monoisotopic (exact) mass is 406 g/mol. The number of nitrogens with one attached hydrogen (secondary N) is 1. The second-order valence-electron chi connectivity index (χ2n) is 8.72. The van der Waals surface area contributed by atoms with E-state index in [0.717, 1.165) is 31.2 Å². The molecule has 2 fully saturated rings. The van der Waals surface area contributed by atoms with Crippen LogP contribution in [0.1, 0.15) is 75.2 Å². The van der Waals surface area contributed by atoms with Gasteiger partial charge in [0.15, 0.2) is 0 Å². The Morgan fingerprint density at radius 2 is 1.96 bits per heavy atom. The fourth-order valence-electron chi connectivity index (χ4n) is 3.64. The van der Waals surface area contributed by atoms with Crippen LogP contribution in [0.15, 0.2) is 5.38 Å². The molecule has 2 amide bonds. The van der Waals surface area contributed by atoms with Crippen LogP contribution in [0.25, 0.3) is 0 Å². The summed E-state index contributed by atoms with van der Waals surface area (Å²) in [4.78, 5) is 39.8. The second kappa shape index (κ2) is 8.23. The van der Waals surface area contributed by atoms with Crippen LogP contribution in [-0.4, -0.2) is 42.4 Å². The SMILES string of the molecule is CCOC(=O)c1c(C2CC2)csc1NC(=O)C1CCCN(C(=O)C(C)(C)C)C1. The number of carbonyl (C=O) groups excluding carboxylic acids is 3. The van der Waals surface area contributed by atoms with Crippen molar-refractivity contribution in [1.29, 1.82) is 0 Å². The van der Waals surface area contributed by atoms with Gasteiger partial charge in [-0.2, -0.15) is 0 Å². The first kappa shape index (κ1) is 20.8. The molecule has 1 unspecified atom stereocenters. The number of anilines is 1. The molecule has 1 aromatic rings. The zero-order valence-electron chi connectivity index (χ0n) is 17.2. The number of hydrogen-bond donors (Lipinski definition) is 1. The number of nitrogens with zero attached hydrogens (tertiary/aromatic N) is 1. The van der Waals surface area contributed by atoms with Crippen LogP contribution >= 0.6 is 11.3 Å². The quantitative estimate of drug-likeness (QED) is 0.749. The van der Waals surface area contributed by atoms with Gasteiger partial charge in [-0.25, -0.2) is 4.79 Å². The second-order valence-corrected chi connectivity index (χ2v) is 9.60. The number of piperidine rings is 1. The Kier molecular flexibility index (Phi) is 6.12. The molecule has 1 saturated carbocycles. The first-order valence-electron chi connectivity index (χ1n) is 10.1. The number of ether oxygens (including phenoxy) is 1. The van der Waals surface area contributed by atoms with Gasteiger partial charge in [0, 0.05) is 18.5 Å². The molecule has 28 heavy (non-hydrogen) atoms. The van der Waals surface area contributed by atoms with Crippen LogP contribution in [0.2, 0.25) is 0 Å². The molecular weight excluding hydrogens is 376 g/mol. The van der Waals surface area contributed by atoms with Crippen molar-refractivity contribution in [2.75, 3.05) is 25.0 Å². The first-order valence-corrected chi connectivity index (χ1v) is 11.0. The van der Waals surface area contributed by atoms with Crippen LogP contribution in [0, 0.1) is 11.3 Å². The summed E-state index contributed by atoms with van der Waals surface area (Å²) in [5.41, 5.74) is 1.05. The molecule has 2 heterocycles. The molecule has 0 radical (unpaired) electrons. The Morgan fingerprint density at radius 3 is 2.57 bits per heavy atom. The molecule has 154 valence electrons. The van der Waals surface area contributed by atoms with Crippen LogP contribution < -0.4 is 5.32 Å². The summed E-state index contributed by atoms with van der Waals surface area (Å²) in [6.45, 7) is 8.90. The van der Waals surface area contributed by atoms with Gasteiger partial charge in [0.2, 0.25) is 11.8 Å². The maximum absolute atomic E-state index is 12.9. The molecule has 3 rings (SSSR count). The molecule has 1 N–H and O–H groups in total. The summed E-state index contributed by atoms with van der Waals surface area (Å²) >= 11 is 1.39. The highest BCUT2D eigenvalue weighted by Crippen LogP contribution is 2.46. The normalized spacial score (nSPS) is 20.0. The van der Waals surface area contributed by atoms with E-state index in [2.05, 4.69) is 5.32 Å². The summed E-state index contributed by atoms with van der Waals surface area (Å²) < 4.78 is 5.22. The lowest BCUT2D eigenvalue weighted by Crippen LogP contribution is -2.47. The van der Waals surface area contributed by atoms with Crippen LogP contribution in [0.4, 0.5) is 5.00 Å². The molecule has 2 aliphatic rings. The predicted octanol–water partition coefficient (Wildman–Crippen LogP) is 4.03. The van der Waals surface area contributed by atoms with Gasteiger partial charge < -0.3 is 15.0 Å². The van der Waals surface area contributed by atoms with E-state index in [0.29, 0.717) is 36.2 Å². The highest BCUT2D eigenvalue weighted by molar-refractivity contribution is 7.15. The minimum absolute atomic E-state index is 0.0735. The average Bonchev–Trinajstić information content (AvgIpc) is 3.41. The summed E-state index contributed by atoms with van der Waals surface area (Å²) in [6.07, 6.45) is 3.70. The minimum atomic E-state index is -0.456. The van der Waals surface area contributed by atoms with Crippen molar-refractivity contribution in [1.82, 2.24) is 4.90 Å². The maximum Gasteiger partial charge on any atom is 0.341 e. The molecular formula is C21H30N2O4S. The summed E-state index contributed by atoms with van der Waals surface area (Å²) in [6, 6.07) is 0. The number of hydrogen-bond acceptors (Lipinski definition) is 5. The Morgan fingerprint density at radius 1 is 1.25 bits per heavy atom. The van der Waals surface area contributed by atoms with Gasteiger partial charge in [0.05, 0.1) is 18.1 Å². The molecule has 1 saturated heterocycles. The lowest BCUT2D eigenvalue weighted by atomic mass is 9.91. The van der Waals surface area contributed by atoms with Crippen molar-refractivity contribution in [3.8, 4) is 0 Å². The predicted molar refractivity (Wildman–Crippen MR) is 110 cm³/mol. The number of esters is 1. The van der Waals surface area contributed by atoms with E-state index >= 15 is 0 Å². The maximum atomic E-state index is 12.9. The Labute approximate surface area is 170 Å². The van der Waals surface area contributed by atoms with Gasteiger partial charge >= 0.3 is 5.97 Å². The lowest BCUT2D eigenvalue weighted by Gasteiger charge is -2.35. The number of carbonyl (C=O) groups is 3. The van der Waals surface area contributed by atoms with Gasteiger partial charge in [-0.05, 0) is 49.5 Å². The van der Waals surface area contributed by atoms with E-state index in [1.54, 1.807) is 11.8 Å². The van der Waals surface area contributed by atoms with E-state index in [9.17, 15) is 14.4 Å². The molecule has 1 aromatic heterocycles. The van der Waals surface area contributed by atoms with E-state index < -0.39 is 5.41 Å². The Balaban J connectivity index is 1.72. The van der Waals surface area contributed by atoms with E-state index in [-0.39, 0.29) is 23.7 Å². The standard InChI is InChI=1S/C21H30N2O4S/c1-5-27-19(25)16-15(13-8-9-13)12-28-18(16)22-17(24)14-7-6-10-23(11-14)20(26)21(2,3)4/h12-14H,5-11H2,1-4H3,(H,22,24). The van der Waals surface area contributed by atoms with Crippen molar-refractivity contribution in [3.63, 3.8) is 0 Å². The van der Waals surface area contributed by atoms with Gasteiger partial charge in [-0.15, -0.1) is 11.3 Å². The summed E-state index contributed by atoms with van der Waals surface area (Å²) in [5.74, 6) is -0.280.